The number of methoxy groups -OCH3 is 1. The molecule has 2 N–H and O–H groups in total. The van der Waals surface area contributed by atoms with Crippen molar-refractivity contribution in [2.24, 2.45) is 4.99 Å². The number of aromatic nitrogens is 1. The smallest absolute Gasteiger partial charge is 0.191 e. The molecule has 0 aliphatic carbocycles. The standard InChI is InChI=1S/C20H22N4O2/c1-21-20(22-13-15-8-10-18(25-2)11-9-15)23-14-17-12-19(26-24-17)16-6-4-3-5-7-16/h3-12H,13-14H2,1-2H3,(H2,21,22,23). The Labute approximate surface area is 152 Å². The van der Waals surface area contributed by atoms with Crippen LogP contribution in [0.4, 0.5) is 0 Å². The van der Waals surface area contributed by atoms with Crippen molar-refractivity contribution < 1.29 is 9.26 Å². The van der Waals surface area contributed by atoms with Crippen molar-refractivity contribution in [2.75, 3.05) is 14.2 Å². The van der Waals surface area contributed by atoms with Crippen LogP contribution in [-0.2, 0) is 13.1 Å². The van der Waals surface area contributed by atoms with Gasteiger partial charge < -0.3 is 19.9 Å². The predicted octanol–water partition coefficient (Wildman–Crippen LogP) is 3.22. The van der Waals surface area contributed by atoms with Crippen LogP contribution < -0.4 is 15.4 Å². The van der Waals surface area contributed by atoms with Crippen LogP contribution >= 0.6 is 0 Å². The first-order chi connectivity index (χ1) is 12.8. The van der Waals surface area contributed by atoms with E-state index in [9.17, 15) is 0 Å². The number of ether oxygens (including phenoxy) is 1. The van der Waals surface area contributed by atoms with Gasteiger partial charge in [-0.15, -0.1) is 0 Å². The highest BCUT2D eigenvalue weighted by Gasteiger charge is 2.07. The molecule has 3 rings (SSSR count). The van der Waals surface area contributed by atoms with Crippen molar-refractivity contribution in [2.45, 2.75) is 13.1 Å². The molecule has 0 bridgehead atoms. The number of hydrogen-bond acceptors (Lipinski definition) is 4. The molecule has 0 atom stereocenters. The van der Waals surface area contributed by atoms with Crippen LogP contribution in [0.5, 0.6) is 5.75 Å². The molecule has 6 nitrogen and oxygen atoms in total. The molecule has 0 saturated heterocycles. The minimum Gasteiger partial charge on any atom is -0.497 e. The number of nitrogens with zero attached hydrogens (tertiary/aromatic N) is 2. The van der Waals surface area contributed by atoms with Gasteiger partial charge in [0.1, 0.15) is 11.4 Å². The average molecular weight is 350 g/mol. The number of nitrogens with one attached hydrogen (secondary N) is 2. The van der Waals surface area contributed by atoms with Gasteiger partial charge in [-0.3, -0.25) is 4.99 Å². The van der Waals surface area contributed by atoms with Crippen LogP contribution in [0.3, 0.4) is 0 Å². The Morgan fingerprint density at radius 3 is 2.46 bits per heavy atom. The number of rotatable bonds is 6. The van der Waals surface area contributed by atoms with Gasteiger partial charge >= 0.3 is 0 Å². The van der Waals surface area contributed by atoms with E-state index in [0.29, 0.717) is 19.0 Å². The number of hydrogen-bond donors (Lipinski definition) is 2. The van der Waals surface area contributed by atoms with Gasteiger partial charge in [0, 0.05) is 25.2 Å². The predicted molar refractivity (Wildman–Crippen MR) is 102 cm³/mol. The highest BCUT2D eigenvalue weighted by atomic mass is 16.5. The summed E-state index contributed by atoms with van der Waals surface area (Å²) in [5.41, 5.74) is 2.96. The summed E-state index contributed by atoms with van der Waals surface area (Å²) >= 11 is 0. The molecular formula is C20H22N4O2. The second-order valence-corrected chi connectivity index (χ2v) is 5.68. The molecule has 0 spiro atoms. The van der Waals surface area contributed by atoms with Crippen LogP contribution in [0.2, 0.25) is 0 Å². The summed E-state index contributed by atoms with van der Waals surface area (Å²) in [4.78, 5) is 4.23. The number of aliphatic imine (C=N–C) groups is 1. The molecule has 134 valence electrons. The molecule has 6 heteroatoms. The minimum atomic E-state index is 0.526. The first-order valence-electron chi connectivity index (χ1n) is 8.37. The molecule has 0 saturated carbocycles. The maximum Gasteiger partial charge on any atom is 0.191 e. The molecule has 0 fully saturated rings. The van der Waals surface area contributed by atoms with Crippen molar-refractivity contribution in [3.05, 3.63) is 71.9 Å². The Morgan fingerprint density at radius 2 is 1.77 bits per heavy atom. The van der Waals surface area contributed by atoms with Crippen LogP contribution in [0, 0.1) is 0 Å². The second-order valence-electron chi connectivity index (χ2n) is 5.68. The molecule has 26 heavy (non-hydrogen) atoms. The van der Waals surface area contributed by atoms with Crippen molar-refractivity contribution >= 4 is 5.96 Å². The van der Waals surface area contributed by atoms with E-state index in [4.69, 9.17) is 9.26 Å². The molecule has 2 aromatic carbocycles. The van der Waals surface area contributed by atoms with Gasteiger partial charge in [-0.25, -0.2) is 0 Å². The quantitative estimate of drug-likeness (QED) is 0.528. The maximum absolute atomic E-state index is 5.41. The van der Waals surface area contributed by atoms with E-state index in [1.54, 1.807) is 14.2 Å². The van der Waals surface area contributed by atoms with E-state index < -0.39 is 0 Å². The molecule has 0 aliphatic heterocycles. The van der Waals surface area contributed by atoms with E-state index >= 15 is 0 Å². The third-order valence-corrected chi connectivity index (χ3v) is 3.90. The minimum absolute atomic E-state index is 0.526. The molecule has 1 heterocycles. The number of guanidine groups is 1. The van der Waals surface area contributed by atoms with E-state index in [1.165, 1.54) is 0 Å². The van der Waals surface area contributed by atoms with Crippen molar-refractivity contribution in [1.82, 2.24) is 15.8 Å². The highest BCUT2D eigenvalue weighted by Crippen LogP contribution is 2.19. The highest BCUT2D eigenvalue weighted by molar-refractivity contribution is 5.79. The lowest BCUT2D eigenvalue weighted by Crippen LogP contribution is -2.36. The first-order valence-corrected chi connectivity index (χ1v) is 8.37. The molecule has 0 aliphatic rings. The topological polar surface area (TPSA) is 71.7 Å². The third kappa shape index (κ3) is 4.63. The molecule has 0 unspecified atom stereocenters. The van der Waals surface area contributed by atoms with E-state index in [1.807, 2.05) is 60.7 Å². The Hall–Kier alpha value is -3.28. The summed E-state index contributed by atoms with van der Waals surface area (Å²) in [7, 11) is 3.40. The van der Waals surface area contributed by atoms with Gasteiger partial charge in [0.05, 0.1) is 13.7 Å². The summed E-state index contributed by atoms with van der Waals surface area (Å²) in [5, 5.41) is 10.6. The lowest BCUT2D eigenvalue weighted by Gasteiger charge is -2.11. The largest absolute Gasteiger partial charge is 0.497 e. The van der Waals surface area contributed by atoms with Crippen LogP contribution in [-0.4, -0.2) is 25.3 Å². The fraction of sp³-hybridized carbons (Fsp3) is 0.200. The van der Waals surface area contributed by atoms with Gasteiger partial charge in [-0.2, -0.15) is 0 Å². The molecule has 1 aromatic heterocycles. The third-order valence-electron chi connectivity index (χ3n) is 3.90. The zero-order valence-corrected chi connectivity index (χ0v) is 14.9. The van der Waals surface area contributed by atoms with Crippen molar-refractivity contribution in [1.29, 1.82) is 0 Å². The van der Waals surface area contributed by atoms with Crippen LogP contribution in [0.15, 0.2) is 70.2 Å². The van der Waals surface area contributed by atoms with Gasteiger partial charge in [0.25, 0.3) is 0 Å². The molecular weight excluding hydrogens is 328 g/mol. The lowest BCUT2D eigenvalue weighted by atomic mass is 10.2. The Morgan fingerprint density at radius 1 is 1.04 bits per heavy atom. The maximum atomic E-state index is 5.41. The van der Waals surface area contributed by atoms with E-state index in [2.05, 4.69) is 20.8 Å². The molecule has 3 aromatic rings. The fourth-order valence-electron chi connectivity index (χ4n) is 2.46. The number of benzene rings is 2. The average Bonchev–Trinajstić information content (AvgIpc) is 3.18. The Balaban J connectivity index is 1.52. The van der Waals surface area contributed by atoms with Crippen molar-refractivity contribution in [3.63, 3.8) is 0 Å². The normalized spacial score (nSPS) is 11.2. The van der Waals surface area contributed by atoms with E-state index in [-0.39, 0.29) is 0 Å². The summed E-state index contributed by atoms with van der Waals surface area (Å²) in [5.74, 6) is 2.30. The first kappa shape index (κ1) is 17.5. The fourth-order valence-corrected chi connectivity index (χ4v) is 2.46. The summed E-state index contributed by atoms with van der Waals surface area (Å²) < 4.78 is 10.6. The summed E-state index contributed by atoms with van der Waals surface area (Å²) in [6, 6.07) is 19.7. The lowest BCUT2D eigenvalue weighted by molar-refractivity contribution is 0.414. The summed E-state index contributed by atoms with van der Waals surface area (Å²) in [6.07, 6.45) is 0. The zero-order chi connectivity index (χ0) is 18.2. The van der Waals surface area contributed by atoms with Crippen molar-refractivity contribution in [3.8, 4) is 17.1 Å². The van der Waals surface area contributed by atoms with Crippen LogP contribution in [0.25, 0.3) is 11.3 Å². The van der Waals surface area contributed by atoms with Gasteiger partial charge in [-0.05, 0) is 17.7 Å². The van der Waals surface area contributed by atoms with Gasteiger partial charge in [0.15, 0.2) is 11.7 Å². The van der Waals surface area contributed by atoms with Crippen LogP contribution in [0.1, 0.15) is 11.3 Å². The molecule has 0 radical (unpaired) electrons. The monoisotopic (exact) mass is 350 g/mol. The Bertz CT molecular complexity index is 842. The summed E-state index contributed by atoms with van der Waals surface area (Å²) in [6.45, 7) is 1.19. The second kappa shape index (κ2) is 8.71. The Kier molecular flexibility index (Phi) is 5.88. The zero-order valence-electron chi connectivity index (χ0n) is 14.9. The van der Waals surface area contributed by atoms with Gasteiger partial charge in [0.2, 0.25) is 0 Å². The SMILES string of the molecule is CN=C(NCc1ccc(OC)cc1)NCc1cc(-c2ccccc2)on1. The molecule has 0 amide bonds. The van der Waals surface area contributed by atoms with E-state index in [0.717, 1.165) is 28.3 Å². The van der Waals surface area contributed by atoms with Gasteiger partial charge in [-0.1, -0.05) is 47.6 Å².